The zero-order chi connectivity index (χ0) is 19.0. The number of benzene rings is 2. The van der Waals surface area contributed by atoms with E-state index in [1.165, 1.54) is 4.90 Å². The van der Waals surface area contributed by atoms with Crippen molar-refractivity contribution in [3.05, 3.63) is 53.1 Å². The van der Waals surface area contributed by atoms with Crippen LogP contribution in [0.15, 0.2) is 47.4 Å². The number of urea groups is 1. The second-order valence-corrected chi connectivity index (χ2v) is 7.99. The van der Waals surface area contributed by atoms with Crippen molar-refractivity contribution in [1.29, 1.82) is 0 Å². The van der Waals surface area contributed by atoms with Gasteiger partial charge in [-0.15, -0.1) is 11.8 Å². The molecule has 0 aliphatic carbocycles. The highest BCUT2D eigenvalue weighted by molar-refractivity contribution is 7.99. The molecule has 0 saturated carbocycles. The summed E-state index contributed by atoms with van der Waals surface area (Å²) in [4.78, 5) is 27.7. The molecule has 0 unspecified atom stereocenters. The van der Waals surface area contributed by atoms with Crippen LogP contribution in [0.5, 0.6) is 11.5 Å². The Morgan fingerprint density at radius 2 is 1.89 bits per heavy atom. The van der Waals surface area contributed by atoms with Gasteiger partial charge in [0.05, 0.1) is 0 Å². The molecule has 2 aromatic carbocycles. The van der Waals surface area contributed by atoms with Crippen LogP contribution in [0.25, 0.3) is 0 Å². The SMILES string of the molecule is C[C@@]1(c2ccc3c(c2)OCO3)NC(=O)N(CCSc2ccc(Cl)cc2)C1=O. The highest BCUT2D eigenvalue weighted by Crippen LogP contribution is 2.38. The normalized spacial score (nSPS) is 20.9. The highest BCUT2D eigenvalue weighted by Gasteiger charge is 2.49. The van der Waals surface area contributed by atoms with Crippen LogP contribution in [0.4, 0.5) is 4.79 Å². The maximum atomic E-state index is 13.0. The van der Waals surface area contributed by atoms with E-state index in [2.05, 4.69) is 5.32 Å². The average Bonchev–Trinajstić information content (AvgIpc) is 3.21. The third-order valence-electron chi connectivity index (χ3n) is 4.62. The molecule has 2 aromatic rings. The average molecular weight is 405 g/mol. The number of amides is 3. The van der Waals surface area contributed by atoms with Crippen molar-refractivity contribution >= 4 is 35.3 Å². The molecule has 8 heteroatoms. The third-order valence-corrected chi connectivity index (χ3v) is 5.87. The molecular weight excluding hydrogens is 388 g/mol. The van der Waals surface area contributed by atoms with E-state index >= 15 is 0 Å². The zero-order valence-electron chi connectivity index (χ0n) is 14.5. The van der Waals surface area contributed by atoms with Crippen LogP contribution in [0.2, 0.25) is 5.02 Å². The second-order valence-electron chi connectivity index (χ2n) is 6.38. The maximum absolute atomic E-state index is 13.0. The van der Waals surface area contributed by atoms with Crippen LogP contribution < -0.4 is 14.8 Å². The third kappa shape index (κ3) is 3.33. The number of fused-ring (bicyclic) bond motifs is 1. The van der Waals surface area contributed by atoms with E-state index in [4.69, 9.17) is 21.1 Å². The summed E-state index contributed by atoms with van der Waals surface area (Å²) < 4.78 is 10.7. The molecule has 140 valence electrons. The molecule has 6 nitrogen and oxygen atoms in total. The van der Waals surface area contributed by atoms with Gasteiger partial charge in [-0.25, -0.2) is 4.79 Å². The standard InChI is InChI=1S/C19H17ClN2O4S/c1-19(12-2-7-15-16(10-12)26-11-25-15)17(23)22(18(24)21-19)8-9-27-14-5-3-13(20)4-6-14/h2-7,10H,8-9,11H2,1H3,(H,21,24)/t19-/m0/s1. The molecule has 1 N–H and O–H groups in total. The first-order valence-corrected chi connectivity index (χ1v) is 9.76. The van der Waals surface area contributed by atoms with E-state index in [-0.39, 0.29) is 12.7 Å². The Morgan fingerprint density at radius 3 is 2.67 bits per heavy atom. The van der Waals surface area contributed by atoms with Gasteiger partial charge in [0.2, 0.25) is 6.79 Å². The molecule has 0 bridgehead atoms. The summed E-state index contributed by atoms with van der Waals surface area (Å²) in [6.07, 6.45) is 0. The van der Waals surface area contributed by atoms with Crippen LogP contribution >= 0.6 is 23.4 Å². The summed E-state index contributed by atoms with van der Waals surface area (Å²) in [6, 6.07) is 12.3. The number of hydrogen-bond acceptors (Lipinski definition) is 5. The Hall–Kier alpha value is -2.38. The van der Waals surface area contributed by atoms with Crippen LogP contribution in [0.3, 0.4) is 0 Å². The molecule has 0 radical (unpaired) electrons. The largest absolute Gasteiger partial charge is 0.454 e. The van der Waals surface area contributed by atoms with Crippen molar-refractivity contribution in [2.24, 2.45) is 0 Å². The van der Waals surface area contributed by atoms with Gasteiger partial charge in [-0.2, -0.15) is 0 Å². The van der Waals surface area contributed by atoms with Crippen LogP contribution in [-0.4, -0.2) is 35.9 Å². The molecular formula is C19H17ClN2O4S. The monoisotopic (exact) mass is 404 g/mol. The van der Waals surface area contributed by atoms with Crippen LogP contribution in [0, 0.1) is 0 Å². The van der Waals surface area contributed by atoms with Gasteiger partial charge < -0.3 is 14.8 Å². The molecule has 0 spiro atoms. The van der Waals surface area contributed by atoms with Crippen LogP contribution in [0.1, 0.15) is 12.5 Å². The summed E-state index contributed by atoms with van der Waals surface area (Å²) >= 11 is 7.44. The predicted octanol–water partition coefficient (Wildman–Crippen LogP) is 3.63. The zero-order valence-corrected chi connectivity index (χ0v) is 16.1. The topological polar surface area (TPSA) is 67.9 Å². The Balaban J connectivity index is 1.45. The van der Waals surface area contributed by atoms with Gasteiger partial charge >= 0.3 is 6.03 Å². The lowest BCUT2D eigenvalue weighted by Gasteiger charge is -2.22. The van der Waals surface area contributed by atoms with E-state index in [9.17, 15) is 9.59 Å². The van der Waals surface area contributed by atoms with Crippen LogP contribution in [-0.2, 0) is 10.3 Å². The number of imide groups is 1. The fourth-order valence-corrected chi connectivity index (χ4v) is 4.05. The van der Waals surface area contributed by atoms with Gasteiger partial charge in [-0.1, -0.05) is 17.7 Å². The fraction of sp³-hybridized carbons (Fsp3) is 0.263. The Kier molecular flexibility index (Phi) is 4.65. The highest BCUT2D eigenvalue weighted by atomic mass is 35.5. The molecule has 1 fully saturated rings. The quantitative estimate of drug-likeness (QED) is 0.608. The Labute approximate surface area is 165 Å². The summed E-state index contributed by atoms with van der Waals surface area (Å²) in [6.45, 7) is 2.18. The number of carbonyl (C=O) groups is 2. The number of nitrogens with zero attached hydrogens (tertiary/aromatic N) is 1. The predicted molar refractivity (Wildman–Crippen MR) is 102 cm³/mol. The van der Waals surface area contributed by atoms with Crippen molar-refractivity contribution in [1.82, 2.24) is 10.2 Å². The van der Waals surface area contributed by atoms with Crippen molar-refractivity contribution in [2.75, 3.05) is 19.1 Å². The minimum Gasteiger partial charge on any atom is -0.454 e. The molecule has 27 heavy (non-hydrogen) atoms. The van der Waals surface area contributed by atoms with Gasteiger partial charge in [-0.05, 0) is 48.9 Å². The molecule has 3 amide bonds. The lowest BCUT2D eigenvalue weighted by Crippen LogP contribution is -2.41. The van der Waals surface area contributed by atoms with Gasteiger partial charge in [0.25, 0.3) is 5.91 Å². The number of thioether (sulfide) groups is 1. The number of nitrogens with one attached hydrogen (secondary N) is 1. The molecule has 1 atom stereocenters. The smallest absolute Gasteiger partial charge is 0.325 e. The van der Waals surface area contributed by atoms with E-state index in [0.717, 1.165) is 4.90 Å². The number of rotatable bonds is 5. The van der Waals surface area contributed by atoms with Gasteiger partial charge in [0, 0.05) is 22.2 Å². The Morgan fingerprint density at radius 1 is 1.15 bits per heavy atom. The molecule has 0 aromatic heterocycles. The summed E-state index contributed by atoms with van der Waals surface area (Å²) in [5.41, 5.74) is -0.457. The Bertz CT molecular complexity index is 905. The minimum absolute atomic E-state index is 0.157. The number of carbonyl (C=O) groups excluding carboxylic acids is 2. The summed E-state index contributed by atoms with van der Waals surface area (Å²) in [5.74, 6) is 1.53. The number of ether oxygens (including phenoxy) is 2. The number of hydrogen-bond donors (Lipinski definition) is 1. The molecule has 2 heterocycles. The lowest BCUT2D eigenvalue weighted by atomic mass is 9.91. The summed E-state index contributed by atoms with van der Waals surface area (Å²) in [7, 11) is 0. The van der Waals surface area contributed by atoms with Crippen molar-refractivity contribution in [3.63, 3.8) is 0 Å². The molecule has 1 saturated heterocycles. The molecule has 4 rings (SSSR count). The maximum Gasteiger partial charge on any atom is 0.325 e. The second kappa shape index (κ2) is 6.98. The van der Waals surface area contributed by atoms with Gasteiger partial charge in [0.1, 0.15) is 5.54 Å². The van der Waals surface area contributed by atoms with Gasteiger partial charge in [0.15, 0.2) is 11.5 Å². The van der Waals surface area contributed by atoms with E-state index in [1.807, 2.05) is 24.3 Å². The van der Waals surface area contributed by atoms with E-state index in [0.29, 0.717) is 34.4 Å². The lowest BCUT2D eigenvalue weighted by molar-refractivity contribution is -0.130. The van der Waals surface area contributed by atoms with E-state index in [1.54, 1.807) is 36.9 Å². The first-order chi connectivity index (χ1) is 13.0. The number of halogens is 1. The van der Waals surface area contributed by atoms with Gasteiger partial charge in [-0.3, -0.25) is 9.69 Å². The fourth-order valence-electron chi connectivity index (χ4n) is 3.09. The summed E-state index contributed by atoms with van der Waals surface area (Å²) in [5, 5.41) is 3.48. The first kappa shape index (κ1) is 18.0. The van der Waals surface area contributed by atoms with Crippen molar-refractivity contribution < 1.29 is 19.1 Å². The molecule has 2 aliphatic heterocycles. The minimum atomic E-state index is -1.12. The van der Waals surface area contributed by atoms with Crippen molar-refractivity contribution in [2.45, 2.75) is 17.4 Å². The first-order valence-electron chi connectivity index (χ1n) is 8.40. The van der Waals surface area contributed by atoms with Crippen molar-refractivity contribution in [3.8, 4) is 11.5 Å². The van der Waals surface area contributed by atoms with E-state index < -0.39 is 11.6 Å². The molecule has 2 aliphatic rings.